The first-order valence-electron chi connectivity index (χ1n) is 6.26. The highest BCUT2D eigenvalue weighted by Gasteiger charge is 2.42. The number of carbonyl (C=O) groups excluding carboxylic acids is 1. The Morgan fingerprint density at radius 3 is 2.61 bits per heavy atom. The third kappa shape index (κ3) is 5.25. The molecule has 0 aromatic heterocycles. The Bertz CT molecular complexity index is 279. The largest absolute Gasteiger partial charge is 0.391 e. The van der Waals surface area contributed by atoms with Crippen molar-refractivity contribution in [2.45, 2.75) is 57.9 Å². The zero-order valence-corrected chi connectivity index (χ0v) is 10.7. The molecule has 3 nitrogen and oxygen atoms in total. The lowest BCUT2D eigenvalue weighted by Gasteiger charge is -2.31. The fourth-order valence-corrected chi connectivity index (χ4v) is 2.13. The summed E-state index contributed by atoms with van der Waals surface area (Å²) in [4.78, 5) is 11.5. The van der Waals surface area contributed by atoms with Gasteiger partial charge in [-0.05, 0) is 33.1 Å². The van der Waals surface area contributed by atoms with Gasteiger partial charge >= 0.3 is 6.18 Å². The predicted molar refractivity (Wildman–Crippen MR) is 61.0 cm³/mol. The Morgan fingerprint density at radius 2 is 2.06 bits per heavy atom. The van der Waals surface area contributed by atoms with Gasteiger partial charge in [0.2, 0.25) is 5.91 Å². The lowest BCUT2D eigenvalue weighted by Crippen LogP contribution is -2.43. The van der Waals surface area contributed by atoms with Crippen molar-refractivity contribution in [3.8, 4) is 0 Å². The van der Waals surface area contributed by atoms with E-state index in [9.17, 15) is 18.0 Å². The first kappa shape index (κ1) is 15.3. The third-order valence-corrected chi connectivity index (χ3v) is 3.05. The lowest BCUT2D eigenvalue weighted by atomic mass is 9.85. The summed E-state index contributed by atoms with van der Waals surface area (Å²) < 4.78 is 42.8. The van der Waals surface area contributed by atoms with Gasteiger partial charge in [-0.1, -0.05) is 6.42 Å². The van der Waals surface area contributed by atoms with Crippen LogP contribution in [0.15, 0.2) is 0 Å². The minimum atomic E-state index is -4.15. The summed E-state index contributed by atoms with van der Waals surface area (Å²) in [5, 5.41) is 2.61. The monoisotopic (exact) mass is 267 g/mol. The second-order valence-corrected chi connectivity index (χ2v) is 5.03. The molecule has 1 saturated carbocycles. The first-order chi connectivity index (χ1) is 8.29. The first-order valence-corrected chi connectivity index (χ1v) is 6.26. The van der Waals surface area contributed by atoms with E-state index in [1.165, 1.54) is 0 Å². The molecule has 1 amide bonds. The lowest BCUT2D eigenvalue weighted by molar-refractivity contribution is -0.184. The van der Waals surface area contributed by atoms with Crippen LogP contribution < -0.4 is 5.32 Å². The van der Waals surface area contributed by atoms with Gasteiger partial charge in [-0.15, -0.1) is 0 Å². The average Bonchev–Trinajstić information content (AvgIpc) is 2.25. The van der Waals surface area contributed by atoms with E-state index in [1.54, 1.807) is 13.8 Å². The summed E-state index contributed by atoms with van der Waals surface area (Å²) in [6, 6.07) is -0.381. The van der Waals surface area contributed by atoms with Gasteiger partial charge < -0.3 is 10.1 Å². The van der Waals surface area contributed by atoms with Crippen LogP contribution in [0, 0.1) is 5.92 Å². The zero-order chi connectivity index (χ0) is 13.8. The number of amides is 1. The molecular formula is C12H20F3NO2. The van der Waals surface area contributed by atoms with Crippen molar-refractivity contribution in [2.24, 2.45) is 5.92 Å². The van der Waals surface area contributed by atoms with Crippen LogP contribution in [0.25, 0.3) is 0 Å². The van der Waals surface area contributed by atoms with E-state index in [1.807, 2.05) is 0 Å². The van der Waals surface area contributed by atoms with Gasteiger partial charge in [0.1, 0.15) is 6.61 Å². The number of hydrogen-bond donors (Lipinski definition) is 1. The standard InChI is InChI=1S/C12H20F3NO2/c1-8(2)18-7-11(17)16-10-5-3-4-9(6-10)12(13,14)15/h8-10H,3-7H2,1-2H3,(H,16,17). The van der Waals surface area contributed by atoms with Crippen LogP contribution in [-0.2, 0) is 9.53 Å². The number of alkyl halides is 3. The number of hydrogen-bond acceptors (Lipinski definition) is 2. The quantitative estimate of drug-likeness (QED) is 0.850. The summed E-state index contributed by atoms with van der Waals surface area (Å²) in [6.07, 6.45) is -2.96. The molecule has 0 heterocycles. The Balaban J connectivity index is 2.36. The van der Waals surface area contributed by atoms with Crippen LogP contribution in [0.1, 0.15) is 39.5 Å². The number of halogens is 3. The number of nitrogens with one attached hydrogen (secondary N) is 1. The van der Waals surface area contributed by atoms with E-state index in [0.29, 0.717) is 12.8 Å². The number of ether oxygens (including phenoxy) is 1. The molecule has 0 aromatic rings. The van der Waals surface area contributed by atoms with E-state index >= 15 is 0 Å². The third-order valence-electron chi connectivity index (χ3n) is 3.05. The Morgan fingerprint density at radius 1 is 1.39 bits per heavy atom. The molecule has 6 heteroatoms. The summed E-state index contributed by atoms with van der Waals surface area (Å²) in [7, 11) is 0. The zero-order valence-electron chi connectivity index (χ0n) is 10.7. The van der Waals surface area contributed by atoms with Crippen molar-refractivity contribution in [1.82, 2.24) is 5.32 Å². The fraction of sp³-hybridized carbons (Fsp3) is 0.917. The highest BCUT2D eigenvalue weighted by molar-refractivity contribution is 5.77. The van der Waals surface area contributed by atoms with Gasteiger partial charge in [0.25, 0.3) is 0 Å². The second kappa shape index (κ2) is 6.41. The van der Waals surface area contributed by atoms with E-state index in [-0.39, 0.29) is 37.5 Å². The Kier molecular flexibility index (Phi) is 5.44. The molecule has 0 bridgehead atoms. The minimum absolute atomic E-state index is 0.0169. The number of carbonyl (C=O) groups is 1. The van der Waals surface area contributed by atoms with Crippen molar-refractivity contribution in [1.29, 1.82) is 0 Å². The minimum Gasteiger partial charge on any atom is -0.369 e. The molecule has 0 aliphatic heterocycles. The predicted octanol–water partition coefficient (Wildman–Crippen LogP) is 2.65. The van der Waals surface area contributed by atoms with Crippen molar-refractivity contribution < 1.29 is 22.7 Å². The van der Waals surface area contributed by atoms with Crippen LogP contribution in [0.2, 0.25) is 0 Å². The number of rotatable bonds is 4. The average molecular weight is 267 g/mol. The highest BCUT2D eigenvalue weighted by Crippen LogP contribution is 2.37. The molecule has 1 fully saturated rings. The van der Waals surface area contributed by atoms with E-state index in [0.717, 1.165) is 0 Å². The maximum atomic E-state index is 12.6. The van der Waals surface area contributed by atoms with E-state index in [4.69, 9.17) is 4.74 Å². The van der Waals surface area contributed by atoms with Gasteiger partial charge in [-0.25, -0.2) is 0 Å². The van der Waals surface area contributed by atoms with Crippen LogP contribution >= 0.6 is 0 Å². The van der Waals surface area contributed by atoms with Crippen molar-refractivity contribution in [2.75, 3.05) is 6.61 Å². The van der Waals surface area contributed by atoms with Crippen LogP contribution in [0.5, 0.6) is 0 Å². The molecule has 1 rings (SSSR count). The molecule has 2 atom stereocenters. The Hall–Kier alpha value is -0.780. The highest BCUT2D eigenvalue weighted by atomic mass is 19.4. The second-order valence-electron chi connectivity index (χ2n) is 5.03. The normalized spacial score (nSPS) is 25.2. The molecule has 0 aromatic carbocycles. The van der Waals surface area contributed by atoms with Gasteiger partial charge in [0.15, 0.2) is 0 Å². The van der Waals surface area contributed by atoms with Crippen molar-refractivity contribution >= 4 is 5.91 Å². The Labute approximate surface area is 105 Å². The van der Waals surface area contributed by atoms with Gasteiger partial charge in [0, 0.05) is 6.04 Å². The molecule has 0 radical (unpaired) electrons. The maximum absolute atomic E-state index is 12.6. The summed E-state index contributed by atoms with van der Waals surface area (Å²) in [6.45, 7) is 3.51. The maximum Gasteiger partial charge on any atom is 0.391 e. The van der Waals surface area contributed by atoms with E-state index in [2.05, 4.69) is 5.32 Å². The molecule has 106 valence electrons. The van der Waals surface area contributed by atoms with Gasteiger partial charge in [-0.3, -0.25) is 4.79 Å². The summed E-state index contributed by atoms with van der Waals surface area (Å²) in [5.41, 5.74) is 0. The molecule has 18 heavy (non-hydrogen) atoms. The molecule has 1 aliphatic rings. The smallest absolute Gasteiger partial charge is 0.369 e. The summed E-state index contributed by atoms with van der Waals surface area (Å²) >= 11 is 0. The molecular weight excluding hydrogens is 247 g/mol. The molecule has 0 spiro atoms. The summed E-state index contributed by atoms with van der Waals surface area (Å²) in [5.74, 6) is -1.63. The van der Waals surface area contributed by atoms with Gasteiger partial charge in [-0.2, -0.15) is 13.2 Å². The van der Waals surface area contributed by atoms with Gasteiger partial charge in [0.05, 0.1) is 12.0 Å². The van der Waals surface area contributed by atoms with Crippen molar-refractivity contribution in [3.63, 3.8) is 0 Å². The molecule has 2 unspecified atom stereocenters. The molecule has 0 saturated heterocycles. The van der Waals surface area contributed by atoms with Crippen molar-refractivity contribution in [3.05, 3.63) is 0 Å². The topological polar surface area (TPSA) is 38.3 Å². The van der Waals surface area contributed by atoms with Crippen LogP contribution in [0.3, 0.4) is 0 Å². The molecule has 1 aliphatic carbocycles. The fourth-order valence-electron chi connectivity index (χ4n) is 2.13. The van der Waals surface area contributed by atoms with Crippen LogP contribution in [-0.4, -0.2) is 30.8 Å². The van der Waals surface area contributed by atoms with E-state index < -0.39 is 12.1 Å². The SMILES string of the molecule is CC(C)OCC(=O)NC1CCCC(C(F)(F)F)C1. The van der Waals surface area contributed by atoms with Crippen LogP contribution in [0.4, 0.5) is 13.2 Å². The molecule has 1 N–H and O–H groups in total.